The Morgan fingerprint density at radius 3 is 2.56 bits per heavy atom. The third-order valence-corrected chi connectivity index (χ3v) is 3.96. The van der Waals surface area contributed by atoms with Crippen molar-refractivity contribution in [2.75, 3.05) is 0 Å². The summed E-state index contributed by atoms with van der Waals surface area (Å²) in [4.78, 5) is 2.01. The molecule has 96 valence electrons. The van der Waals surface area contributed by atoms with Gasteiger partial charge in [-0.25, -0.2) is 0 Å². The van der Waals surface area contributed by atoms with E-state index < -0.39 is 0 Å². The van der Waals surface area contributed by atoms with E-state index in [0.29, 0.717) is 6.54 Å². The first kappa shape index (κ1) is 11.8. The maximum absolute atomic E-state index is 6.00. The van der Waals surface area contributed by atoms with E-state index in [1.54, 1.807) is 6.20 Å². The van der Waals surface area contributed by atoms with Gasteiger partial charge in [0.1, 0.15) is 0 Å². The first-order valence-corrected chi connectivity index (χ1v) is 6.12. The molecule has 0 amide bonds. The van der Waals surface area contributed by atoms with Crippen LogP contribution in [0.15, 0.2) is 16.9 Å². The highest BCUT2D eigenvalue weighted by Gasteiger charge is 2.54. The minimum Gasteiger partial charge on any atom is -0.384 e. The summed E-state index contributed by atoms with van der Waals surface area (Å²) in [5, 5.41) is 3.79. The molecule has 0 saturated carbocycles. The molecule has 0 spiro atoms. The summed E-state index contributed by atoms with van der Waals surface area (Å²) < 4.78 is 17.1. The second kappa shape index (κ2) is 3.62. The summed E-state index contributed by atoms with van der Waals surface area (Å²) in [7, 11) is -0.366. The van der Waals surface area contributed by atoms with Crippen LogP contribution in [-0.2, 0) is 15.9 Å². The maximum atomic E-state index is 6.00. The van der Waals surface area contributed by atoms with Gasteiger partial charge in [0.25, 0.3) is 0 Å². The first-order valence-electron chi connectivity index (χ1n) is 6.12. The molecule has 3 heterocycles. The van der Waals surface area contributed by atoms with Crippen molar-refractivity contribution in [3.8, 4) is 0 Å². The Morgan fingerprint density at radius 2 is 1.89 bits per heavy atom. The van der Waals surface area contributed by atoms with Crippen molar-refractivity contribution in [1.29, 1.82) is 0 Å². The highest BCUT2D eigenvalue weighted by molar-refractivity contribution is 6.42. The molecule has 0 aliphatic carbocycles. The van der Waals surface area contributed by atoms with Crippen molar-refractivity contribution in [2.45, 2.75) is 45.4 Å². The number of hydrogen-bond acceptors (Lipinski definition) is 5. The van der Waals surface area contributed by atoms with Gasteiger partial charge in [-0.2, -0.15) is 0 Å². The van der Waals surface area contributed by atoms with Crippen LogP contribution < -0.4 is 0 Å². The third-order valence-electron chi connectivity index (χ3n) is 3.96. The van der Waals surface area contributed by atoms with Crippen LogP contribution >= 0.6 is 0 Å². The first-order chi connectivity index (χ1) is 8.39. The van der Waals surface area contributed by atoms with Gasteiger partial charge in [0.05, 0.1) is 17.4 Å². The smallest absolute Gasteiger partial charge is 0.384 e. The van der Waals surface area contributed by atoms with Gasteiger partial charge in [-0.1, -0.05) is 5.16 Å². The molecule has 0 bridgehead atoms. The van der Waals surface area contributed by atoms with Gasteiger partial charge >= 0.3 is 7.25 Å². The molecule has 2 aliphatic rings. The van der Waals surface area contributed by atoms with Gasteiger partial charge in [0, 0.05) is 12.1 Å². The lowest BCUT2D eigenvalue weighted by atomic mass is 9.90. The average Bonchev–Trinajstić information content (AvgIpc) is 2.80. The molecule has 0 aromatic carbocycles. The highest BCUT2D eigenvalue weighted by atomic mass is 16.7. The van der Waals surface area contributed by atoms with Crippen LogP contribution in [-0.4, -0.2) is 28.4 Å². The summed E-state index contributed by atoms with van der Waals surface area (Å²) in [6.45, 7) is 8.88. The van der Waals surface area contributed by atoms with Crippen LogP contribution in [0.2, 0.25) is 0 Å². The summed E-state index contributed by atoms with van der Waals surface area (Å²) in [6, 6.07) is 0. The molecule has 1 aromatic heterocycles. The minimum absolute atomic E-state index is 0.319. The quantitative estimate of drug-likeness (QED) is 0.712. The van der Waals surface area contributed by atoms with E-state index in [1.807, 2.05) is 44.8 Å². The highest BCUT2D eigenvalue weighted by Crippen LogP contribution is 2.38. The van der Waals surface area contributed by atoms with Crippen molar-refractivity contribution < 1.29 is 13.8 Å². The fourth-order valence-corrected chi connectivity index (χ4v) is 2.03. The Kier molecular flexibility index (Phi) is 2.37. The van der Waals surface area contributed by atoms with Crippen molar-refractivity contribution >= 4 is 13.3 Å². The molecule has 0 unspecified atom stereocenters. The molecule has 1 saturated heterocycles. The number of nitrogens with zero attached hydrogens (tertiary/aromatic N) is 2. The maximum Gasteiger partial charge on any atom is 0.594 e. The zero-order chi connectivity index (χ0) is 13.0. The Bertz CT molecular complexity index is 479. The van der Waals surface area contributed by atoms with Crippen molar-refractivity contribution in [3.63, 3.8) is 0 Å². The van der Waals surface area contributed by atoms with Gasteiger partial charge in [-0.05, 0) is 40.0 Å². The van der Waals surface area contributed by atoms with Gasteiger partial charge in [-0.3, -0.25) is 0 Å². The molecule has 0 N–H and O–H groups in total. The molecule has 0 radical (unpaired) electrons. The SMILES string of the molecule is CC1(C)OB(N2C=Cc3oncc3C2)OC1(C)C. The molecule has 5 nitrogen and oxygen atoms in total. The summed E-state index contributed by atoms with van der Waals surface area (Å²) >= 11 is 0. The van der Waals surface area contributed by atoms with Crippen molar-refractivity contribution in [1.82, 2.24) is 9.97 Å². The molecule has 0 atom stereocenters. The van der Waals surface area contributed by atoms with Crippen LogP contribution in [0.5, 0.6) is 0 Å². The zero-order valence-corrected chi connectivity index (χ0v) is 11.1. The fourth-order valence-electron chi connectivity index (χ4n) is 2.03. The lowest BCUT2D eigenvalue weighted by molar-refractivity contribution is 0.00578. The number of fused-ring (bicyclic) bond motifs is 1. The molecular weight excluding hydrogens is 231 g/mol. The van der Waals surface area contributed by atoms with Gasteiger partial charge in [0.2, 0.25) is 0 Å². The van der Waals surface area contributed by atoms with E-state index >= 15 is 0 Å². The topological polar surface area (TPSA) is 47.7 Å². The second-order valence-electron chi connectivity index (χ2n) is 5.77. The van der Waals surface area contributed by atoms with Crippen molar-refractivity contribution in [2.24, 2.45) is 0 Å². The molecule has 6 heteroatoms. The second-order valence-corrected chi connectivity index (χ2v) is 5.77. The van der Waals surface area contributed by atoms with Gasteiger partial charge in [-0.15, -0.1) is 0 Å². The Balaban J connectivity index is 1.79. The third kappa shape index (κ3) is 1.68. The van der Waals surface area contributed by atoms with Crippen LogP contribution in [0.1, 0.15) is 39.0 Å². The summed E-state index contributed by atoms with van der Waals surface area (Å²) in [5.41, 5.74) is 0.410. The summed E-state index contributed by atoms with van der Waals surface area (Å²) in [5.74, 6) is 0.808. The number of rotatable bonds is 1. The molecule has 18 heavy (non-hydrogen) atoms. The fraction of sp³-hybridized carbons (Fsp3) is 0.583. The van der Waals surface area contributed by atoms with E-state index in [9.17, 15) is 0 Å². The van der Waals surface area contributed by atoms with Crippen LogP contribution in [0.25, 0.3) is 6.08 Å². The monoisotopic (exact) mass is 248 g/mol. The average molecular weight is 248 g/mol. The van der Waals surface area contributed by atoms with E-state index in [0.717, 1.165) is 11.3 Å². The lowest BCUT2D eigenvalue weighted by Gasteiger charge is -2.32. The van der Waals surface area contributed by atoms with E-state index in [1.165, 1.54) is 0 Å². The lowest BCUT2D eigenvalue weighted by Crippen LogP contribution is -2.41. The molecular formula is C12H17BN2O3. The number of aromatic nitrogens is 1. The zero-order valence-electron chi connectivity index (χ0n) is 11.1. The Hall–Kier alpha value is -1.27. The van der Waals surface area contributed by atoms with Crippen molar-refractivity contribution in [3.05, 3.63) is 23.7 Å². The van der Waals surface area contributed by atoms with E-state index in [2.05, 4.69) is 5.16 Å². The molecule has 1 fully saturated rings. The summed E-state index contributed by atoms with van der Waals surface area (Å²) in [6.07, 6.45) is 5.55. The minimum atomic E-state index is -0.366. The van der Waals surface area contributed by atoms with Gasteiger partial charge in [0.15, 0.2) is 5.76 Å². The van der Waals surface area contributed by atoms with E-state index in [4.69, 9.17) is 13.8 Å². The van der Waals surface area contributed by atoms with Crippen LogP contribution in [0.4, 0.5) is 0 Å². The van der Waals surface area contributed by atoms with Gasteiger partial charge < -0.3 is 18.6 Å². The predicted octanol–water partition coefficient (Wildman–Crippen LogP) is 2.05. The molecule has 2 aliphatic heterocycles. The Morgan fingerprint density at radius 1 is 1.22 bits per heavy atom. The number of hydrogen-bond donors (Lipinski definition) is 0. The van der Waals surface area contributed by atoms with E-state index in [-0.39, 0.29) is 18.5 Å². The normalized spacial score (nSPS) is 24.4. The largest absolute Gasteiger partial charge is 0.594 e. The molecule has 1 aromatic rings. The predicted molar refractivity (Wildman–Crippen MR) is 67.2 cm³/mol. The van der Waals surface area contributed by atoms with Crippen LogP contribution in [0, 0.1) is 0 Å². The standard InChI is InChI=1S/C12H17BN2O3/c1-11(2)12(3,4)18-13(17-11)15-6-5-10-9(8-15)7-14-16-10/h5-7H,8H2,1-4H3. The Labute approximate surface area is 107 Å². The molecule has 3 rings (SSSR count). The van der Waals surface area contributed by atoms with Crippen LogP contribution in [0.3, 0.4) is 0 Å².